The Labute approximate surface area is 120 Å². The fourth-order valence-electron chi connectivity index (χ4n) is 2.31. The van der Waals surface area contributed by atoms with Crippen LogP contribution in [0.1, 0.15) is 44.2 Å². The Balaban J connectivity index is 1.91. The molecule has 0 aromatic heterocycles. The van der Waals surface area contributed by atoms with Gasteiger partial charge in [-0.25, -0.2) is 0 Å². The van der Waals surface area contributed by atoms with E-state index in [0.717, 1.165) is 5.56 Å². The van der Waals surface area contributed by atoms with Crippen molar-refractivity contribution in [3.63, 3.8) is 0 Å². The zero-order valence-electron chi connectivity index (χ0n) is 12.5. The number of amides is 1. The van der Waals surface area contributed by atoms with E-state index >= 15 is 0 Å². The summed E-state index contributed by atoms with van der Waals surface area (Å²) in [6, 6.07) is 8.23. The summed E-state index contributed by atoms with van der Waals surface area (Å²) >= 11 is 0. The summed E-state index contributed by atoms with van der Waals surface area (Å²) in [6.07, 6.45) is 4.10. The molecule has 1 N–H and O–H groups in total. The zero-order chi connectivity index (χ0) is 14.8. The van der Waals surface area contributed by atoms with Crippen LogP contribution in [0.4, 0.5) is 0 Å². The molecule has 0 spiro atoms. The number of benzene rings is 1. The topological polar surface area (TPSA) is 40.5 Å². The van der Waals surface area contributed by atoms with Gasteiger partial charge in [-0.2, -0.15) is 0 Å². The molecule has 3 heteroatoms. The van der Waals surface area contributed by atoms with E-state index in [9.17, 15) is 9.90 Å². The largest absolute Gasteiger partial charge is 0.386 e. The molecular weight excluding hydrogens is 250 g/mol. The first-order chi connectivity index (χ1) is 9.43. The molecule has 0 saturated carbocycles. The maximum atomic E-state index is 11.9. The number of rotatable bonds is 4. The molecule has 1 heterocycles. The Hall–Kier alpha value is -1.61. The SMILES string of the molecule is CCC1(O)CN(C(=O)C=Cc2ccc(C(C)C)cc2)C1. The van der Waals surface area contributed by atoms with E-state index in [4.69, 9.17) is 0 Å². The Kier molecular flexibility index (Phi) is 4.29. The van der Waals surface area contributed by atoms with E-state index in [1.54, 1.807) is 11.0 Å². The molecule has 1 amide bonds. The minimum atomic E-state index is -0.664. The number of likely N-dealkylation sites (tertiary alicyclic amines) is 1. The standard InChI is InChI=1S/C17H23NO2/c1-4-17(20)11-18(12-17)16(19)10-7-14-5-8-15(9-6-14)13(2)3/h5-10,13,20H,4,11-12H2,1-3H3. The third-order valence-corrected chi connectivity index (χ3v) is 3.96. The first kappa shape index (κ1) is 14.8. The molecule has 1 aromatic rings. The minimum absolute atomic E-state index is 0.0314. The summed E-state index contributed by atoms with van der Waals surface area (Å²) in [6.45, 7) is 7.14. The van der Waals surface area contributed by atoms with Crippen LogP contribution in [0.15, 0.2) is 30.3 Å². The van der Waals surface area contributed by atoms with Gasteiger partial charge >= 0.3 is 0 Å². The van der Waals surface area contributed by atoms with Crippen molar-refractivity contribution < 1.29 is 9.90 Å². The molecule has 0 unspecified atom stereocenters. The van der Waals surface area contributed by atoms with Crippen LogP contribution >= 0.6 is 0 Å². The molecule has 0 aliphatic carbocycles. The molecule has 1 fully saturated rings. The highest BCUT2D eigenvalue weighted by molar-refractivity contribution is 5.92. The molecular formula is C17H23NO2. The summed E-state index contributed by atoms with van der Waals surface area (Å²) in [5, 5.41) is 9.89. The predicted octanol–water partition coefficient (Wildman–Crippen LogP) is 2.81. The van der Waals surface area contributed by atoms with Gasteiger partial charge in [-0.3, -0.25) is 4.79 Å². The highest BCUT2D eigenvalue weighted by Gasteiger charge is 2.41. The summed E-state index contributed by atoms with van der Waals surface area (Å²) < 4.78 is 0. The van der Waals surface area contributed by atoms with E-state index in [-0.39, 0.29) is 5.91 Å². The first-order valence-electron chi connectivity index (χ1n) is 7.23. The highest BCUT2D eigenvalue weighted by atomic mass is 16.3. The van der Waals surface area contributed by atoms with Crippen LogP contribution in [-0.4, -0.2) is 34.6 Å². The number of carbonyl (C=O) groups is 1. The number of hydrogen-bond donors (Lipinski definition) is 1. The lowest BCUT2D eigenvalue weighted by Gasteiger charge is -2.45. The molecule has 0 bridgehead atoms. The van der Waals surface area contributed by atoms with Crippen LogP contribution in [0, 0.1) is 0 Å². The van der Waals surface area contributed by atoms with Crippen molar-refractivity contribution in [2.45, 2.75) is 38.7 Å². The molecule has 1 aliphatic rings. The van der Waals surface area contributed by atoms with Gasteiger partial charge in [-0.05, 0) is 29.5 Å². The van der Waals surface area contributed by atoms with E-state index in [2.05, 4.69) is 26.0 Å². The minimum Gasteiger partial charge on any atom is -0.386 e. The third kappa shape index (κ3) is 3.28. The maximum absolute atomic E-state index is 11.9. The van der Waals surface area contributed by atoms with Crippen molar-refractivity contribution in [2.24, 2.45) is 0 Å². The van der Waals surface area contributed by atoms with E-state index in [1.165, 1.54) is 5.56 Å². The second-order valence-electron chi connectivity index (χ2n) is 5.93. The van der Waals surface area contributed by atoms with Gasteiger partial charge in [0.25, 0.3) is 0 Å². The summed E-state index contributed by atoms with van der Waals surface area (Å²) in [5.74, 6) is 0.485. The Bertz CT molecular complexity index is 496. The van der Waals surface area contributed by atoms with Gasteiger partial charge in [0.15, 0.2) is 0 Å². The third-order valence-electron chi connectivity index (χ3n) is 3.96. The molecule has 0 radical (unpaired) electrons. The van der Waals surface area contributed by atoms with Crippen molar-refractivity contribution >= 4 is 12.0 Å². The van der Waals surface area contributed by atoms with Crippen molar-refractivity contribution in [1.29, 1.82) is 0 Å². The van der Waals surface area contributed by atoms with Gasteiger partial charge in [0.05, 0.1) is 18.7 Å². The maximum Gasteiger partial charge on any atom is 0.246 e. The summed E-state index contributed by atoms with van der Waals surface area (Å²) in [5.41, 5.74) is 1.65. The Morgan fingerprint density at radius 1 is 1.35 bits per heavy atom. The highest BCUT2D eigenvalue weighted by Crippen LogP contribution is 2.24. The normalized spacial score (nSPS) is 17.6. The first-order valence-corrected chi connectivity index (χ1v) is 7.23. The lowest BCUT2D eigenvalue weighted by atomic mass is 9.91. The smallest absolute Gasteiger partial charge is 0.246 e. The van der Waals surface area contributed by atoms with Crippen molar-refractivity contribution in [3.8, 4) is 0 Å². The zero-order valence-corrected chi connectivity index (χ0v) is 12.5. The predicted molar refractivity (Wildman–Crippen MR) is 81.4 cm³/mol. The average Bonchev–Trinajstić information content (AvgIpc) is 2.41. The summed E-state index contributed by atoms with van der Waals surface area (Å²) in [7, 11) is 0. The van der Waals surface area contributed by atoms with Crippen LogP contribution in [0.25, 0.3) is 6.08 Å². The molecule has 0 atom stereocenters. The number of β-amino-alcohol motifs (C(OH)–C–C–N with tert-alkyl or cyclic N) is 1. The van der Waals surface area contributed by atoms with Gasteiger partial charge in [0.2, 0.25) is 5.91 Å². The molecule has 2 rings (SSSR count). The van der Waals surface area contributed by atoms with E-state index in [1.807, 2.05) is 25.1 Å². The van der Waals surface area contributed by atoms with Crippen molar-refractivity contribution in [3.05, 3.63) is 41.5 Å². The fraction of sp³-hybridized carbons (Fsp3) is 0.471. The molecule has 1 aromatic carbocycles. The Morgan fingerprint density at radius 2 is 1.95 bits per heavy atom. The quantitative estimate of drug-likeness (QED) is 0.857. The number of carbonyl (C=O) groups excluding carboxylic acids is 1. The van der Waals surface area contributed by atoms with Crippen LogP contribution in [-0.2, 0) is 4.79 Å². The number of nitrogens with zero attached hydrogens (tertiary/aromatic N) is 1. The van der Waals surface area contributed by atoms with Gasteiger partial charge < -0.3 is 10.0 Å². The second-order valence-corrected chi connectivity index (χ2v) is 5.93. The average molecular weight is 273 g/mol. The monoisotopic (exact) mass is 273 g/mol. The van der Waals surface area contributed by atoms with Gasteiger partial charge in [0, 0.05) is 6.08 Å². The lowest BCUT2D eigenvalue weighted by molar-refractivity contribution is -0.150. The van der Waals surface area contributed by atoms with Gasteiger partial charge in [-0.1, -0.05) is 45.0 Å². The van der Waals surface area contributed by atoms with Crippen LogP contribution in [0.2, 0.25) is 0 Å². The van der Waals surface area contributed by atoms with E-state index in [0.29, 0.717) is 25.4 Å². The fourth-order valence-corrected chi connectivity index (χ4v) is 2.31. The molecule has 1 saturated heterocycles. The molecule has 20 heavy (non-hydrogen) atoms. The van der Waals surface area contributed by atoms with E-state index < -0.39 is 5.60 Å². The van der Waals surface area contributed by atoms with Gasteiger partial charge in [0.1, 0.15) is 0 Å². The van der Waals surface area contributed by atoms with Crippen LogP contribution < -0.4 is 0 Å². The van der Waals surface area contributed by atoms with Crippen LogP contribution in [0.5, 0.6) is 0 Å². The van der Waals surface area contributed by atoms with Gasteiger partial charge in [-0.15, -0.1) is 0 Å². The van der Waals surface area contributed by atoms with Crippen molar-refractivity contribution in [2.75, 3.05) is 13.1 Å². The molecule has 108 valence electrons. The summed E-state index contributed by atoms with van der Waals surface area (Å²) in [4.78, 5) is 13.6. The van der Waals surface area contributed by atoms with Crippen molar-refractivity contribution in [1.82, 2.24) is 4.90 Å². The molecule has 3 nitrogen and oxygen atoms in total. The Morgan fingerprint density at radius 3 is 2.45 bits per heavy atom. The number of hydrogen-bond acceptors (Lipinski definition) is 2. The van der Waals surface area contributed by atoms with Crippen LogP contribution in [0.3, 0.4) is 0 Å². The number of aliphatic hydroxyl groups is 1. The lowest BCUT2D eigenvalue weighted by Crippen LogP contribution is -2.62. The molecule has 1 aliphatic heterocycles. The second kappa shape index (κ2) is 5.80.